The summed E-state index contributed by atoms with van der Waals surface area (Å²) >= 11 is 0. The van der Waals surface area contributed by atoms with E-state index in [0.29, 0.717) is 24.4 Å². The van der Waals surface area contributed by atoms with Gasteiger partial charge in [0.1, 0.15) is 5.75 Å². The largest absolute Gasteiger partial charge is 0.482 e. The van der Waals surface area contributed by atoms with Crippen molar-refractivity contribution in [1.29, 1.82) is 0 Å². The molecule has 2 aromatic carbocycles. The molecule has 3 rings (SSSR count). The van der Waals surface area contributed by atoms with Crippen molar-refractivity contribution in [2.75, 3.05) is 23.4 Å². The molecule has 1 N–H and O–H groups in total. The van der Waals surface area contributed by atoms with Crippen LogP contribution in [-0.2, 0) is 16.0 Å². The predicted molar refractivity (Wildman–Crippen MR) is 93.7 cm³/mol. The van der Waals surface area contributed by atoms with Gasteiger partial charge in [-0.15, -0.1) is 0 Å². The summed E-state index contributed by atoms with van der Waals surface area (Å²) in [5.41, 5.74) is 1.42. The Morgan fingerprint density at radius 2 is 1.89 bits per heavy atom. The summed E-state index contributed by atoms with van der Waals surface area (Å²) in [6, 6.07) is 13.8. The Bertz CT molecular complexity index is 838. The number of hydrogen-bond acceptors (Lipinski definition) is 3. The summed E-state index contributed by atoms with van der Waals surface area (Å²) in [5.74, 6) is -1.96. The lowest BCUT2D eigenvalue weighted by Gasteiger charge is -2.30. The van der Waals surface area contributed by atoms with E-state index < -0.39 is 12.1 Å². The van der Waals surface area contributed by atoms with Crippen LogP contribution in [0.4, 0.5) is 24.5 Å². The number of nitrogens with zero attached hydrogens (tertiary/aromatic N) is 1. The van der Waals surface area contributed by atoms with Crippen LogP contribution < -0.4 is 15.0 Å². The maximum absolute atomic E-state index is 12.4. The van der Waals surface area contributed by atoms with E-state index in [9.17, 15) is 22.8 Å². The summed E-state index contributed by atoms with van der Waals surface area (Å²) in [7, 11) is 0. The molecule has 0 unspecified atom stereocenters. The Kier molecular flexibility index (Phi) is 5.34. The number of fused-ring (bicyclic) bond motifs is 1. The first-order chi connectivity index (χ1) is 12.8. The van der Waals surface area contributed by atoms with E-state index in [1.807, 2.05) is 30.3 Å². The minimum atomic E-state index is -4.99. The van der Waals surface area contributed by atoms with Crippen molar-refractivity contribution in [3.05, 3.63) is 54.1 Å². The van der Waals surface area contributed by atoms with Crippen molar-refractivity contribution in [3.63, 3.8) is 0 Å². The smallest absolute Gasteiger partial charge is 0.471 e. The van der Waals surface area contributed by atoms with Crippen molar-refractivity contribution in [3.8, 4) is 5.75 Å². The third-order valence-electron chi connectivity index (χ3n) is 4.11. The number of alkyl halides is 3. The number of carbonyl (C=O) groups is 2. The average molecular weight is 378 g/mol. The van der Waals surface area contributed by atoms with Crippen LogP contribution in [0.25, 0.3) is 0 Å². The maximum atomic E-state index is 12.4. The molecule has 0 fully saturated rings. The molecular weight excluding hydrogens is 361 g/mol. The molecule has 2 aromatic rings. The highest BCUT2D eigenvalue weighted by atomic mass is 19.4. The lowest BCUT2D eigenvalue weighted by molar-refractivity contribution is -0.167. The van der Waals surface area contributed by atoms with Crippen LogP contribution in [0.1, 0.15) is 12.0 Å². The molecule has 1 heterocycles. The summed E-state index contributed by atoms with van der Waals surface area (Å²) in [6.07, 6.45) is -3.56. The van der Waals surface area contributed by atoms with Crippen molar-refractivity contribution in [2.24, 2.45) is 0 Å². The van der Waals surface area contributed by atoms with Crippen molar-refractivity contribution < 1.29 is 27.5 Å². The molecule has 142 valence electrons. The highest BCUT2D eigenvalue weighted by molar-refractivity contribution is 6.00. The van der Waals surface area contributed by atoms with E-state index >= 15 is 0 Å². The molecule has 0 saturated carbocycles. The van der Waals surface area contributed by atoms with Crippen LogP contribution in [0.2, 0.25) is 0 Å². The minimum Gasteiger partial charge on any atom is -0.482 e. The molecule has 0 saturated heterocycles. The quantitative estimate of drug-likeness (QED) is 0.866. The number of halogens is 3. The van der Waals surface area contributed by atoms with Crippen LogP contribution in [0, 0.1) is 0 Å². The zero-order chi connectivity index (χ0) is 19.4. The predicted octanol–water partition coefficient (Wildman–Crippen LogP) is 3.55. The molecule has 0 radical (unpaired) electrons. The van der Waals surface area contributed by atoms with Gasteiger partial charge in [0, 0.05) is 12.2 Å². The second-order valence-corrected chi connectivity index (χ2v) is 6.06. The third-order valence-corrected chi connectivity index (χ3v) is 4.11. The second-order valence-electron chi connectivity index (χ2n) is 6.06. The van der Waals surface area contributed by atoms with Crippen LogP contribution in [0.15, 0.2) is 48.5 Å². The van der Waals surface area contributed by atoms with E-state index in [2.05, 4.69) is 0 Å². The Morgan fingerprint density at radius 3 is 2.59 bits per heavy atom. The van der Waals surface area contributed by atoms with Gasteiger partial charge in [0.25, 0.3) is 5.91 Å². The van der Waals surface area contributed by atoms with Gasteiger partial charge < -0.3 is 15.0 Å². The van der Waals surface area contributed by atoms with Gasteiger partial charge in [-0.05, 0) is 36.6 Å². The van der Waals surface area contributed by atoms with Gasteiger partial charge in [-0.1, -0.05) is 30.3 Å². The average Bonchev–Trinajstić information content (AvgIpc) is 2.63. The molecular formula is C19H17F3N2O3. The first-order valence-corrected chi connectivity index (χ1v) is 8.34. The van der Waals surface area contributed by atoms with Crippen molar-refractivity contribution >= 4 is 23.2 Å². The van der Waals surface area contributed by atoms with E-state index in [4.69, 9.17) is 4.74 Å². The van der Waals surface area contributed by atoms with Gasteiger partial charge in [0.2, 0.25) is 0 Å². The molecule has 0 atom stereocenters. The van der Waals surface area contributed by atoms with E-state index in [1.54, 1.807) is 5.32 Å². The fourth-order valence-corrected chi connectivity index (χ4v) is 2.81. The molecule has 0 aliphatic carbocycles. The minimum absolute atomic E-state index is 0.0533. The Balaban J connectivity index is 1.73. The van der Waals surface area contributed by atoms with E-state index in [-0.39, 0.29) is 18.2 Å². The van der Waals surface area contributed by atoms with Crippen LogP contribution in [-0.4, -0.2) is 31.1 Å². The van der Waals surface area contributed by atoms with Gasteiger partial charge in [0.15, 0.2) is 6.61 Å². The molecule has 0 spiro atoms. The fraction of sp³-hybridized carbons (Fsp3) is 0.263. The third kappa shape index (κ3) is 4.58. The number of nitrogens with one attached hydrogen (secondary N) is 1. The topological polar surface area (TPSA) is 58.6 Å². The zero-order valence-electron chi connectivity index (χ0n) is 14.3. The fourth-order valence-electron chi connectivity index (χ4n) is 2.81. The zero-order valence-corrected chi connectivity index (χ0v) is 14.3. The van der Waals surface area contributed by atoms with Gasteiger partial charge in [0.05, 0.1) is 5.69 Å². The van der Waals surface area contributed by atoms with E-state index in [1.165, 1.54) is 23.1 Å². The summed E-state index contributed by atoms with van der Waals surface area (Å²) in [4.78, 5) is 24.8. The highest BCUT2D eigenvalue weighted by Crippen LogP contribution is 2.35. The van der Waals surface area contributed by atoms with Gasteiger partial charge >= 0.3 is 12.1 Å². The number of anilines is 2. The van der Waals surface area contributed by atoms with Crippen LogP contribution in [0.5, 0.6) is 5.75 Å². The highest BCUT2D eigenvalue weighted by Gasteiger charge is 2.39. The summed E-state index contributed by atoms with van der Waals surface area (Å²) in [5, 5.41) is 1.79. The number of benzene rings is 2. The Hall–Kier alpha value is -3.03. The number of amides is 2. The molecule has 1 aliphatic heterocycles. The lowest BCUT2D eigenvalue weighted by atomic mass is 10.1. The van der Waals surface area contributed by atoms with E-state index in [0.717, 1.165) is 12.0 Å². The molecule has 0 aromatic heterocycles. The number of ether oxygens (including phenoxy) is 1. The number of rotatable bonds is 5. The monoisotopic (exact) mass is 378 g/mol. The SMILES string of the molecule is O=C1COc2ccc(NC(=O)C(F)(F)F)cc2N1CCCc1ccccc1. The summed E-state index contributed by atoms with van der Waals surface area (Å²) in [6.45, 7) is 0.257. The lowest BCUT2D eigenvalue weighted by Crippen LogP contribution is -2.39. The summed E-state index contributed by atoms with van der Waals surface area (Å²) < 4.78 is 42.6. The molecule has 27 heavy (non-hydrogen) atoms. The van der Waals surface area contributed by atoms with Crippen molar-refractivity contribution in [1.82, 2.24) is 0 Å². The maximum Gasteiger partial charge on any atom is 0.471 e. The first-order valence-electron chi connectivity index (χ1n) is 8.34. The van der Waals surface area contributed by atoms with Gasteiger partial charge in [-0.3, -0.25) is 9.59 Å². The number of aryl methyl sites for hydroxylation is 1. The van der Waals surface area contributed by atoms with Crippen LogP contribution in [0.3, 0.4) is 0 Å². The van der Waals surface area contributed by atoms with Gasteiger partial charge in [-0.25, -0.2) is 0 Å². The molecule has 8 heteroatoms. The standard InChI is InChI=1S/C19H17F3N2O3/c20-19(21,22)18(26)23-14-8-9-16-15(11-14)24(17(25)12-27-16)10-4-7-13-5-2-1-3-6-13/h1-3,5-6,8-9,11H,4,7,10,12H2,(H,23,26). The second kappa shape index (κ2) is 7.69. The van der Waals surface area contributed by atoms with Crippen molar-refractivity contribution in [2.45, 2.75) is 19.0 Å². The van der Waals surface area contributed by atoms with Crippen LogP contribution >= 0.6 is 0 Å². The molecule has 5 nitrogen and oxygen atoms in total. The normalized spacial score (nSPS) is 13.7. The first kappa shape index (κ1) is 18.8. The van der Waals surface area contributed by atoms with Gasteiger partial charge in [-0.2, -0.15) is 13.2 Å². The Morgan fingerprint density at radius 1 is 1.15 bits per heavy atom. The number of carbonyl (C=O) groups excluding carboxylic acids is 2. The molecule has 0 bridgehead atoms. The molecule has 1 aliphatic rings. The number of hydrogen-bond donors (Lipinski definition) is 1. The molecule has 2 amide bonds. The Labute approximate surface area is 153 Å².